The Morgan fingerprint density at radius 1 is 1.53 bits per heavy atom. The van der Waals surface area contributed by atoms with Gasteiger partial charge in [-0.15, -0.1) is 0 Å². The molecule has 0 fully saturated rings. The van der Waals surface area contributed by atoms with Gasteiger partial charge in [-0.05, 0) is 18.6 Å². The molecule has 1 atom stereocenters. The van der Waals surface area contributed by atoms with E-state index in [1.807, 2.05) is 32.0 Å². The number of halogens is 1. The number of carbonyl (C=O) groups excluding carboxylic acids is 1. The van der Waals surface area contributed by atoms with Gasteiger partial charge in [0.1, 0.15) is 12.0 Å². The van der Waals surface area contributed by atoms with Crippen molar-refractivity contribution in [3.8, 4) is 5.75 Å². The molecule has 0 bridgehead atoms. The van der Waals surface area contributed by atoms with E-state index in [1.54, 1.807) is 0 Å². The van der Waals surface area contributed by atoms with Gasteiger partial charge in [0.2, 0.25) is 0 Å². The van der Waals surface area contributed by atoms with Gasteiger partial charge in [-0.2, -0.15) is 0 Å². The first-order valence-corrected chi connectivity index (χ1v) is 6.12. The second-order valence-corrected chi connectivity index (χ2v) is 3.92. The van der Waals surface area contributed by atoms with Crippen molar-refractivity contribution in [3.05, 3.63) is 29.3 Å². The molecule has 0 aliphatic carbocycles. The van der Waals surface area contributed by atoms with E-state index in [-0.39, 0.29) is 5.92 Å². The fourth-order valence-electron chi connectivity index (χ4n) is 1.33. The Morgan fingerprint density at radius 3 is 2.80 bits per heavy atom. The van der Waals surface area contributed by atoms with Gasteiger partial charge in [0.25, 0.3) is 0 Å². The molecule has 1 unspecified atom stereocenters. The van der Waals surface area contributed by atoms with Crippen LogP contribution in [0.25, 0.3) is 0 Å². The normalized spacial score (nSPS) is 12.2. The Morgan fingerprint density at radius 2 is 2.27 bits per heavy atom. The Labute approximate surface area is 98.8 Å². The summed E-state index contributed by atoms with van der Waals surface area (Å²) in [6, 6.07) is 5.91. The predicted octanol–water partition coefficient (Wildman–Crippen LogP) is 3.28. The molecule has 3 heteroatoms. The average molecular weight is 271 g/mol. The summed E-state index contributed by atoms with van der Waals surface area (Å²) in [5.41, 5.74) is 2.11. The van der Waals surface area contributed by atoms with Crippen LogP contribution < -0.4 is 4.74 Å². The van der Waals surface area contributed by atoms with Crippen LogP contribution in [0.1, 0.15) is 30.9 Å². The lowest BCUT2D eigenvalue weighted by atomic mass is 10.0. The van der Waals surface area contributed by atoms with Crippen molar-refractivity contribution in [2.45, 2.75) is 25.1 Å². The van der Waals surface area contributed by atoms with Crippen LogP contribution in [0.5, 0.6) is 5.75 Å². The number of carbonyl (C=O) groups is 1. The molecule has 0 aliphatic rings. The van der Waals surface area contributed by atoms with Crippen molar-refractivity contribution in [2.75, 3.05) is 6.61 Å². The van der Waals surface area contributed by atoms with Crippen LogP contribution in [0.15, 0.2) is 18.2 Å². The molecule has 0 aromatic heterocycles. The lowest BCUT2D eigenvalue weighted by molar-refractivity contribution is -0.108. The van der Waals surface area contributed by atoms with Crippen molar-refractivity contribution in [3.63, 3.8) is 0 Å². The first-order valence-electron chi connectivity index (χ1n) is 4.99. The Kier molecular flexibility index (Phi) is 4.82. The molecular weight excluding hydrogens is 256 g/mol. The van der Waals surface area contributed by atoms with Gasteiger partial charge in [-0.3, -0.25) is 0 Å². The summed E-state index contributed by atoms with van der Waals surface area (Å²) in [4.78, 5) is 10.7. The summed E-state index contributed by atoms with van der Waals surface area (Å²) in [7, 11) is 0. The molecule has 0 spiro atoms. The van der Waals surface area contributed by atoms with E-state index in [9.17, 15) is 4.79 Å². The highest BCUT2D eigenvalue weighted by Crippen LogP contribution is 2.26. The van der Waals surface area contributed by atoms with E-state index in [0.29, 0.717) is 6.61 Å². The summed E-state index contributed by atoms with van der Waals surface area (Å²) in [6.07, 6.45) is 0.943. The topological polar surface area (TPSA) is 26.3 Å². The Balaban J connectivity index is 3.03. The number of hydrogen-bond acceptors (Lipinski definition) is 2. The van der Waals surface area contributed by atoms with E-state index in [0.717, 1.165) is 28.5 Å². The highest BCUT2D eigenvalue weighted by atomic mass is 79.9. The molecule has 0 saturated heterocycles. The van der Waals surface area contributed by atoms with Crippen LogP contribution in [-0.4, -0.2) is 12.9 Å². The quantitative estimate of drug-likeness (QED) is 0.606. The third-order valence-corrected chi connectivity index (χ3v) is 2.87. The summed E-state index contributed by atoms with van der Waals surface area (Å²) in [5, 5.41) is 0.762. The highest BCUT2D eigenvalue weighted by Gasteiger charge is 2.08. The van der Waals surface area contributed by atoms with Crippen LogP contribution in [0, 0.1) is 0 Å². The van der Waals surface area contributed by atoms with E-state index in [4.69, 9.17) is 4.74 Å². The molecule has 2 nitrogen and oxygen atoms in total. The van der Waals surface area contributed by atoms with Crippen LogP contribution in [0.4, 0.5) is 0 Å². The summed E-state index contributed by atoms with van der Waals surface area (Å²) >= 11 is 3.41. The van der Waals surface area contributed by atoms with E-state index in [2.05, 4.69) is 15.9 Å². The molecular formula is C12H15BrO2. The molecule has 15 heavy (non-hydrogen) atoms. The minimum atomic E-state index is -0.0754. The molecule has 0 amide bonds. The number of rotatable bonds is 5. The zero-order chi connectivity index (χ0) is 11.3. The largest absolute Gasteiger partial charge is 0.494 e. The molecule has 0 N–H and O–H groups in total. The van der Waals surface area contributed by atoms with Crippen molar-refractivity contribution < 1.29 is 9.53 Å². The van der Waals surface area contributed by atoms with Crippen molar-refractivity contribution >= 4 is 22.2 Å². The maximum Gasteiger partial charge on any atom is 0.127 e. The minimum Gasteiger partial charge on any atom is -0.494 e. The number of benzene rings is 1. The van der Waals surface area contributed by atoms with Crippen LogP contribution >= 0.6 is 15.9 Å². The van der Waals surface area contributed by atoms with Gasteiger partial charge in [-0.1, -0.05) is 35.0 Å². The van der Waals surface area contributed by atoms with Gasteiger partial charge in [-0.25, -0.2) is 0 Å². The van der Waals surface area contributed by atoms with Gasteiger partial charge >= 0.3 is 0 Å². The van der Waals surface area contributed by atoms with E-state index < -0.39 is 0 Å². The lowest BCUT2D eigenvalue weighted by Gasteiger charge is -2.11. The Bertz CT molecular complexity index is 336. The highest BCUT2D eigenvalue weighted by molar-refractivity contribution is 9.08. The average Bonchev–Trinajstić information content (AvgIpc) is 2.28. The molecule has 0 saturated carbocycles. The molecule has 0 radical (unpaired) electrons. The Hall–Kier alpha value is -0.830. The second-order valence-electron chi connectivity index (χ2n) is 3.36. The van der Waals surface area contributed by atoms with Gasteiger partial charge in [0.15, 0.2) is 0 Å². The number of alkyl halides is 1. The minimum absolute atomic E-state index is 0.0754. The first-order chi connectivity index (χ1) is 7.22. The molecule has 1 aromatic rings. The first kappa shape index (κ1) is 12.2. The summed E-state index contributed by atoms with van der Waals surface area (Å²) in [6.45, 7) is 4.47. The molecule has 1 aromatic carbocycles. The predicted molar refractivity (Wildman–Crippen MR) is 64.7 cm³/mol. The molecule has 1 rings (SSSR count). The summed E-state index contributed by atoms with van der Waals surface area (Å²) < 4.78 is 5.52. The molecule has 0 heterocycles. The maximum absolute atomic E-state index is 10.7. The molecule has 0 aliphatic heterocycles. The van der Waals surface area contributed by atoms with Gasteiger partial charge < -0.3 is 9.53 Å². The van der Waals surface area contributed by atoms with Gasteiger partial charge in [0, 0.05) is 16.8 Å². The lowest BCUT2D eigenvalue weighted by Crippen LogP contribution is -1.99. The second kappa shape index (κ2) is 5.91. The molecule has 82 valence electrons. The van der Waals surface area contributed by atoms with E-state index in [1.165, 1.54) is 0 Å². The van der Waals surface area contributed by atoms with E-state index >= 15 is 0 Å². The third kappa shape index (κ3) is 3.06. The van der Waals surface area contributed by atoms with Crippen molar-refractivity contribution in [2.24, 2.45) is 0 Å². The monoisotopic (exact) mass is 270 g/mol. The van der Waals surface area contributed by atoms with Crippen molar-refractivity contribution in [1.82, 2.24) is 0 Å². The maximum atomic E-state index is 10.7. The van der Waals surface area contributed by atoms with Gasteiger partial charge in [0.05, 0.1) is 6.61 Å². The summed E-state index contributed by atoms with van der Waals surface area (Å²) in [5.74, 6) is 0.786. The standard InChI is InChI=1S/C12H15BrO2/c1-3-15-12-6-10(9(2)8-14)4-5-11(12)7-13/h4-6,8-9H,3,7H2,1-2H3. The van der Waals surface area contributed by atoms with Crippen LogP contribution in [0.2, 0.25) is 0 Å². The van der Waals surface area contributed by atoms with Crippen LogP contribution in [0.3, 0.4) is 0 Å². The number of ether oxygens (including phenoxy) is 1. The third-order valence-electron chi connectivity index (χ3n) is 2.26. The fourth-order valence-corrected chi connectivity index (χ4v) is 1.80. The number of aldehydes is 1. The fraction of sp³-hybridized carbons (Fsp3) is 0.417. The smallest absolute Gasteiger partial charge is 0.127 e. The van der Waals surface area contributed by atoms with Crippen molar-refractivity contribution in [1.29, 1.82) is 0 Å². The zero-order valence-electron chi connectivity index (χ0n) is 9.00. The number of hydrogen-bond donors (Lipinski definition) is 0. The zero-order valence-corrected chi connectivity index (χ0v) is 10.6. The van der Waals surface area contributed by atoms with Crippen LogP contribution in [-0.2, 0) is 10.1 Å². The SMILES string of the molecule is CCOc1cc(C(C)C=O)ccc1CBr.